The van der Waals surface area contributed by atoms with Gasteiger partial charge < -0.3 is 4.90 Å². The maximum absolute atomic E-state index is 12.2. The van der Waals surface area contributed by atoms with Crippen LogP contribution in [0.4, 0.5) is 0 Å². The van der Waals surface area contributed by atoms with Gasteiger partial charge in [-0.05, 0) is 49.9 Å². The lowest BCUT2D eigenvalue weighted by Gasteiger charge is -2.19. The molecule has 0 aromatic rings. The molecule has 3 rings (SSSR count). The van der Waals surface area contributed by atoms with Gasteiger partial charge in [0.05, 0.1) is 6.07 Å². The average molecular weight is 218 g/mol. The highest BCUT2D eigenvalue weighted by atomic mass is 16.2. The van der Waals surface area contributed by atoms with Gasteiger partial charge >= 0.3 is 0 Å². The van der Waals surface area contributed by atoms with Crippen LogP contribution in [-0.2, 0) is 4.79 Å². The molecule has 3 nitrogen and oxygen atoms in total. The molecule has 0 aromatic carbocycles. The fourth-order valence-electron chi connectivity index (χ4n) is 4.30. The average Bonchev–Trinajstić information content (AvgIpc) is 2.74. The van der Waals surface area contributed by atoms with Crippen molar-refractivity contribution in [2.24, 2.45) is 29.6 Å². The van der Waals surface area contributed by atoms with Crippen LogP contribution < -0.4 is 0 Å². The second kappa shape index (κ2) is 3.48. The van der Waals surface area contributed by atoms with Crippen LogP contribution in [0.2, 0.25) is 0 Å². The number of nitrogens with zero attached hydrogens (tertiary/aromatic N) is 2. The Bertz CT molecular complexity index is 343. The molecule has 16 heavy (non-hydrogen) atoms. The lowest BCUT2D eigenvalue weighted by molar-refractivity contribution is -0.132. The van der Waals surface area contributed by atoms with Gasteiger partial charge in [-0.15, -0.1) is 0 Å². The molecule has 3 saturated carbocycles. The summed E-state index contributed by atoms with van der Waals surface area (Å²) < 4.78 is 0. The van der Waals surface area contributed by atoms with Crippen molar-refractivity contribution in [2.45, 2.75) is 26.2 Å². The summed E-state index contributed by atoms with van der Waals surface area (Å²) in [6.45, 7) is 2.90. The zero-order valence-corrected chi connectivity index (χ0v) is 9.72. The normalized spacial score (nSPS) is 42.6. The number of carbonyl (C=O) groups excluding carboxylic acids is 1. The van der Waals surface area contributed by atoms with Gasteiger partial charge in [0.2, 0.25) is 5.91 Å². The van der Waals surface area contributed by atoms with Crippen LogP contribution in [0.5, 0.6) is 0 Å². The number of fused-ring (bicyclic) bond motifs is 5. The molecule has 3 aliphatic rings. The van der Waals surface area contributed by atoms with Crippen molar-refractivity contribution in [3.63, 3.8) is 0 Å². The van der Waals surface area contributed by atoms with Gasteiger partial charge in [0.15, 0.2) is 0 Å². The maximum Gasteiger partial charge on any atom is 0.227 e. The van der Waals surface area contributed by atoms with Crippen LogP contribution >= 0.6 is 0 Å². The van der Waals surface area contributed by atoms with Crippen molar-refractivity contribution in [3.8, 4) is 6.07 Å². The lowest BCUT2D eigenvalue weighted by Crippen LogP contribution is -2.34. The molecule has 4 unspecified atom stereocenters. The molecule has 0 aromatic heterocycles. The molecular weight excluding hydrogens is 200 g/mol. The number of rotatable bonds is 3. The first-order valence-corrected chi connectivity index (χ1v) is 6.43. The fourth-order valence-corrected chi connectivity index (χ4v) is 4.30. The summed E-state index contributed by atoms with van der Waals surface area (Å²) >= 11 is 0. The van der Waals surface area contributed by atoms with Crippen molar-refractivity contribution in [2.75, 3.05) is 13.1 Å². The molecule has 0 heterocycles. The molecule has 1 amide bonds. The molecule has 3 fully saturated rings. The van der Waals surface area contributed by atoms with Gasteiger partial charge in [-0.2, -0.15) is 5.26 Å². The van der Waals surface area contributed by atoms with Crippen molar-refractivity contribution in [1.82, 2.24) is 4.90 Å². The summed E-state index contributed by atoms with van der Waals surface area (Å²) in [6.07, 6.45) is 4.07. The maximum atomic E-state index is 12.2. The second-order valence-electron chi connectivity index (χ2n) is 5.52. The topological polar surface area (TPSA) is 44.1 Å². The van der Waals surface area contributed by atoms with E-state index in [2.05, 4.69) is 6.07 Å². The molecule has 0 spiro atoms. The highest BCUT2D eigenvalue weighted by Gasteiger charge is 2.67. The molecule has 0 saturated heterocycles. The Balaban J connectivity index is 1.68. The van der Waals surface area contributed by atoms with E-state index in [1.54, 1.807) is 4.90 Å². The van der Waals surface area contributed by atoms with E-state index in [9.17, 15) is 4.79 Å². The van der Waals surface area contributed by atoms with Crippen LogP contribution in [0, 0.1) is 40.9 Å². The lowest BCUT2D eigenvalue weighted by atomic mass is 10.0. The predicted molar refractivity (Wildman–Crippen MR) is 59.2 cm³/mol. The van der Waals surface area contributed by atoms with E-state index in [0.29, 0.717) is 24.3 Å². The zero-order valence-electron chi connectivity index (χ0n) is 9.72. The van der Waals surface area contributed by atoms with E-state index in [1.165, 1.54) is 19.3 Å². The molecule has 0 aliphatic heterocycles. The number of hydrogen-bond acceptors (Lipinski definition) is 2. The van der Waals surface area contributed by atoms with Gasteiger partial charge in [-0.1, -0.05) is 0 Å². The smallest absolute Gasteiger partial charge is 0.227 e. The van der Waals surface area contributed by atoms with E-state index < -0.39 is 0 Å². The fraction of sp³-hybridized carbons (Fsp3) is 0.846. The Morgan fingerprint density at radius 2 is 2.00 bits per heavy atom. The van der Waals surface area contributed by atoms with Gasteiger partial charge in [0, 0.05) is 12.5 Å². The SMILES string of the molecule is CCN(CC#N)C(=O)C1C2C3CCC(C3)C12. The molecular formula is C13H18N2O. The molecule has 86 valence electrons. The quantitative estimate of drug-likeness (QED) is 0.676. The van der Waals surface area contributed by atoms with Gasteiger partial charge in [0.25, 0.3) is 0 Å². The Kier molecular flexibility index (Phi) is 2.20. The Hall–Kier alpha value is -1.04. The number of amides is 1. The molecule has 2 bridgehead atoms. The van der Waals surface area contributed by atoms with Crippen LogP contribution in [0.1, 0.15) is 26.2 Å². The minimum Gasteiger partial charge on any atom is -0.329 e. The monoisotopic (exact) mass is 218 g/mol. The minimum absolute atomic E-state index is 0.260. The van der Waals surface area contributed by atoms with E-state index in [-0.39, 0.29) is 12.5 Å². The largest absolute Gasteiger partial charge is 0.329 e. The predicted octanol–water partition coefficient (Wildman–Crippen LogP) is 1.65. The highest BCUT2D eigenvalue weighted by Crippen LogP contribution is 2.69. The standard InChI is InChI=1S/C13H18N2O/c1-2-15(6-5-14)13(16)12-10-8-3-4-9(7-8)11(10)12/h8-12H,2-4,6-7H2,1H3. The van der Waals surface area contributed by atoms with E-state index in [4.69, 9.17) is 5.26 Å². The van der Waals surface area contributed by atoms with Gasteiger partial charge in [-0.25, -0.2) is 0 Å². The van der Waals surface area contributed by atoms with Crippen LogP contribution in [0.3, 0.4) is 0 Å². The third-order valence-corrected chi connectivity index (χ3v) is 4.98. The Morgan fingerprint density at radius 1 is 1.38 bits per heavy atom. The third-order valence-electron chi connectivity index (χ3n) is 4.98. The van der Waals surface area contributed by atoms with E-state index >= 15 is 0 Å². The molecule has 3 aliphatic carbocycles. The van der Waals surface area contributed by atoms with Crippen molar-refractivity contribution in [3.05, 3.63) is 0 Å². The Morgan fingerprint density at radius 3 is 2.50 bits per heavy atom. The van der Waals surface area contributed by atoms with Crippen molar-refractivity contribution < 1.29 is 4.79 Å². The molecule has 0 radical (unpaired) electrons. The molecule has 0 N–H and O–H groups in total. The van der Waals surface area contributed by atoms with Crippen LogP contribution in [-0.4, -0.2) is 23.9 Å². The van der Waals surface area contributed by atoms with E-state index in [1.807, 2.05) is 6.92 Å². The van der Waals surface area contributed by atoms with Crippen LogP contribution in [0.25, 0.3) is 0 Å². The number of carbonyl (C=O) groups is 1. The summed E-state index contributed by atoms with van der Waals surface area (Å²) in [4.78, 5) is 14.0. The number of hydrogen-bond donors (Lipinski definition) is 0. The highest BCUT2D eigenvalue weighted by molar-refractivity contribution is 5.83. The minimum atomic E-state index is 0.260. The van der Waals surface area contributed by atoms with Gasteiger partial charge in [0.1, 0.15) is 6.54 Å². The third kappa shape index (κ3) is 1.22. The summed E-state index contributed by atoms with van der Waals surface area (Å²) in [5.41, 5.74) is 0. The molecule has 4 atom stereocenters. The second-order valence-corrected chi connectivity index (χ2v) is 5.52. The summed E-state index contributed by atoms with van der Waals surface area (Å²) in [6, 6.07) is 2.09. The van der Waals surface area contributed by atoms with Crippen molar-refractivity contribution >= 4 is 5.91 Å². The van der Waals surface area contributed by atoms with E-state index in [0.717, 1.165) is 11.8 Å². The summed E-state index contributed by atoms with van der Waals surface area (Å²) in [5.74, 6) is 3.61. The zero-order chi connectivity index (χ0) is 11.3. The number of nitriles is 1. The first-order valence-electron chi connectivity index (χ1n) is 6.43. The summed E-state index contributed by atoms with van der Waals surface area (Å²) in [7, 11) is 0. The van der Waals surface area contributed by atoms with Gasteiger partial charge in [-0.3, -0.25) is 4.79 Å². The first-order chi connectivity index (χ1) is 7.77. The molecule has 3 heteroatoms. The summed E-state index contributed by atoms with van der Waals surface area (Å²) in [5, 5.41) is 8.69. The van der Waals surface area contributed by atoms with Crippen LogP contribution in [0.15, 0.2) is 0 Å². The Labute approximate surface area is 96.4 Å². The first kappa shape index (κ1) is 10.1. The van der Waals surface area contributed by atoms with Crippen molar-refractivity contribution in [1.29, 1.82) is 5.26 Å².